The van der Waals surface area contributed by atoms with Crippen molar-refractivity contribution in [1.82, 2.24) is 14.9 Å². The van der Waals surface area contributed by atoms with E-state index in [2.05, 4.69) is 34.7 Å². The predicted octanol–water partition coefficient (Wildman–Crippen LogP) is 2.80. The molecule has 0 saturated heterocycles. The highest BCUT2D eigenvalue weighted by Crippen LogP contribution is 2.21. The lowest BCUT2D eigenvalue weighted by molar-refractivity contribution is 0.414. The second-order valence-corrected chi connectivity index (χ2v) is 9.40. The quantitative estimate of drug-likeness (QED) is 0.470. The number of rotatable bonds is 9. The number of nitrogens with one attached hydrogen (secondary N) is 2. The van der Waals surface area contributed by atoms with Gasteiger partial charge in [0.15, 0.2) is 5.96 Å². The number of nitrogens with zero attached hydrogens (tertiary/aromatic N) is 2. The Hall–Kier alpha value is -2.58. The average Bonchev–Trinajstić information content (AvgIpc) is 2.76. The van der Waals surface area contributed by atoms with Crippen LogP contribution in [0.2, 0.25) is 0 Å². The molecule has 8 heteroatoms. The van der Waals surface area contributed by atoms with Gasteiger partial charge in [-0.1, -0.05) is 31.2 Å². The van der Waals surface area contributed by atoms with Crippen molar-refractivity contribution >= 4 is 16.0 Å². The molecule has 2 rings (SSSR count). The second kappa shape index (κ2) is 11.0. The molecule has 0 aromatic heterocycles. The van der Waals surface area contributed by atoms with Crippen molar-refractivity contribution in [2.24, 2.45) is 4.99 Å². The lowest BCUT2D eigenvalue weighted by Crippen LogP contribution is -2.37. The molecule has 0 radical (unpaired) electrons. The molecule has 164 valence electrons. The predicted molar refractivity (Wildman–Crippen MR) is 122 cm³/mol. The van der Waals surface area contributed by atoms with Crippen LogP contribution in [-0.4, -0.2) is 53.5 Å². The zero-order valence-corrected chi connectivity index (χ0v) is 19.2. The monoisotopic (exact) mass is 432 g/mol. The van der Waals surface area contributed by atoms with E-state index in [1.54, 1.807) is 26.3 Å². The molecule has 0 aliphatic carbocycles. The van der Waals surface area contributed by atoms with Crippen LogP contribution in [0.15, 0.2) is 58.4 Å². The van der Waals surface area contributed by atoms with E-state index in [0.29, 0.717) is 18.4 Å². The van der Waals surface area contributed by atoms with E-state index in [0.717, 1.165) is 24.3 Å². The van der Waals surface area contributed by atoms with Gasteiger partial charge >= 0.3 is 0 Å². The molecular weight excluding hydrogens is 400 g/mol. The van der Waals surface area contributed by atoms with Crippen LogP contribution in [-0.2, 0) is 16.6 Å². The van der Waals surface area contributed by atoms with Crippen LogP contribution in [0.1, 0.15) is 30.4 Å². The number of hydrogen-bond acceptors (Lipinski definition) is 4. The van der Waals surface area contributed by atoms with Crippen LogP contribution in [0, 0.1) is 0 Å². The topological polar surface area (TPSA) is 83.0 Å². The van der Waals surface area contributed by atoms with Gasteiger partial charge in [-0.2, -0.15) is 0 Å². The second-order valence-electron chi connectivity index (χ2n) is 7.25. The van der Waals surface area contributed by atoms with Crippen molar-refractivity contribution in [2.45, 2.75) is 30.7 Å². The maximum absolute atomic E-state index is 12.1. The van der Waals surface area contributed by atoms with Crippen LogP contribution < -0.4 is 15.4 Å². The number of hydrogen-bond donors (Lipinski definition) is 2. The van der Waals surface area contributed by atoms with Gasteiger partial charge in [-0.25, -0.2) is 12.7 Å². The Morgan fingerprint density at radius 3 is 2.23 bits per heavy atom. The molecule has 0 amide bonds. The first-order valence-corrected chi connectivity index (χ1v) is 11.3. The number of ether oxygens (including phenoxy) is 1. The van der Waals surface area contributed by atoms with Crippen molar-refractivity contribution in [2.75, 3.05) is 34.8 Å². The van der Waals surface area contributed by atoms with E-state index >= 15 is 0 Å². The molecule has 30 heavy (non-hydrogen) atoms. The zero-order chi connectivity index (χ0) is 22.1. The van der Waals surface area contributed by atoms with Crippen molar-refractivity contribution in [1.29, 1.82) is 0 Å². The van der Waals surface area contributed by atoms with Gasteiger partial charge in [0.25, 0.3) is 0 Å². The minimum atomic E-state index is -3.41. The fourth-order valence-corrected chi connectivity index (χ4v) is 3.80. The van der Waals surface area contributed by atoms with Crippen LogP contribution in [0.5, 0.6) is 5.75 Å². The van der Waals surface area contributed by atoms with Gasteiger partial charge in [0, 0.05) is 34.2 Å². The summed E-state index contributed by atoms with van der Waals surface area (Å²) < 4.78 is 30.7. The first-order valence-electron chi connectivity index (χ1n) is 9.88. The van der Waals surface area contributed by atoms with Gasteiger partial charge in [-0.05, 0) is 47.7 Å². The molecule has 1 unspecified atom stereocenters. The highest BCUT2D eigenvalue weighted by Gasteiger charge is 2.16. The molecular formula is C22H32N4O3S. The molecule has 0 fully saturated rings. The molecule has 2 aromatic carbocycles. The average molecular weight is 433 g/mol. The van der Waals surface area contributed by atoms with Gasteiger partial charge in [-0.3, -0.25) is 4.99 Å². The van der Waals surface area contributed by atoms with Gasteiger partial charge in [0.05, 0.1) is 12.0 Å². The summed E-state index contributed by atoms with van der Waals surface area (Å²) in [4.78, 5) is 4.53. The molecule has 0 aliphatic rings. The summed E-state index contributed by atoms with van der Waals surface area (Å²) in [6, 6.07) is 15.0. The summed E-state index contributed by atoms with van der Waals surface area (Å²) in [5.74, 6) is 1.98. The van der Waals surface area contributed by atoms with Crippen LogP contribution >= 0.6 is 0 Å². The van der Waals surface area contributed by atoms with Crippen LogP contribution in [0.3, 0.4) is 0 Å². The van der Waals surface area contributed by atoms with E-state index in [9.17, 15) is 8.42 Å². The van der Waals surface area contributed by atoms with Crippen LogP contribution in [0.25, 0.3) is 0 Å². The van der Waals surface area contributed by atoms with Gasteiger partial charge < -0.3 is 15.4 Å². The lowest BCUT2D eigenvalue weighted by atomic mass is 9.98. The van der Waals surface area contributed by atoms with E-state index < -0.39 is 10.0 Å². The summed E-state index contributed by atoms with van der Waals surface area (Å²) >= 11 is 0. The Balaban J connectivity index is 1.82. The number of sulfonamides is 1. The van der Waals surface area contributed by atoms with E-state index in [-0.39, 0.29) is 4.90 Å². The van der Waals surface area contributed by atoms with E-state index in [4.69, 9.17) is 4.74 Å². The summed E-state index contributed by atoms with van der Waals surface area (Å²) in [7, 11) is 3.04. The summed E-state index contributed by atoms with van der Waals surface area (Å²) in [5.41, 5.74) is 2.25. The molecule has 1 atom stereocenters. The smallest absolute Gasteiger partial charge is 0.242 e. The Morgan fingerprint density at radius 1 is 1.07 bits per heavy atom. The summed E-state index contributed by atoms with van der Waals surface area (Å²) in [6.07, 6.45) is 0.962. The SMILES string of the molecule is CN=C(NCCC(C)c1ccc(OC)cc1)NCc1ccc(S(=O)(=O)N(C)C)cc1. The molecule has 0 heterocycles. The number of aliphatic imine (C=N–C) groups is 1. The Kier molecular flexibility index (Phi) is 8.68. The maximum atomic E-state index is 12.1. The minimum Gasteiger partial charge on any atom is -0.497 e. The highest BCUT2D eigenvalue weighted by molar-refractivity contribution is 7.89. The van der Waals surface area contributed by atoms with Gasteiger partial charge in [-0.15, -0.1) is 0 Å². The molecule has 0 bridgehead atoms. The Bertz CT molecular complexity index is 924. The third kappa shape index (κ3) is 6.47. The summed E-state index contributed by atoms with van der Waals surface area (Å²) in [6.45, 7) is 3.53. The zero-order valence-electron chi connectivity index (χ0n) is 18.3. The third-order valence-electron chi connectivity index (χ3n) is 4.94. The molecule has 0 saturated carbocycles. The minimum absolute atomic E-state index is 0.284. The third-order valence-corrected chi connectivity index (χ3v) is 6.77. The Morgan fingerprint density at radius 2 is 1.70 bits per heavy atom. The standard InChI is InChI=1S/C22H32N4O3S/c1-17(19-8-10-20(29-5)11-9-19)14-15-24-22(23-2)25-16-18-6-12-21(13-7-18)30(27,28)26(3)4/h6-13,17H,14-16H2,1-5H3,(H2,23,24,25). The molecule has 0 aliphatic heterocycles. The molecule has 2 aromatic rings. The van der Waals surface area contributed by atoms with Gasteiger partial charge in [0.2, 0.25) is 10.0 Å². The van der Waals surface area contributed by atoms with E-state index in [1.807, 2.05) is 24.3 Å². The van der Waals surface area contributed by atoms with Gasteiger partial charge in [0.1, 0.15) is 5.75 Å². The van der Waals surface area contributed by atoms with Crippen molar-refractivity contribution < 1.29 is 13.2 Å². The maximum Gasteiger partial charge on any atom is 0.242 e. The fourth-order valence-electron chi connectivity index (χ4n) is 2.90. The molecule has 0 spiro atoms. The molecule has 7 nitrogen and oxygen atoms in total. The number of benzene rings is 2. The van der Waals surface area contributed by atoms with Crippen LogP contribution in [0.4, 0.5) is 0 Å². The van der Waals surface area contributed by atoms with E-state index in [1.165, 1.54) is 24.0 Å². The number of methoxy groups -OCH3 is 1. The number of guanidine groups is 1. The Labute approximate surface area is 180 Å². The van der Waals surface area contributed by atoms with Crippen molar-refractivity contribution in [3.8, 4) is 5.75 Å². The first kappa shape index (κ1) is 23.7. The normalized spacial score (nSPS) is 13.2. The summed E-state index contributed by atoms with van der Waals surface area (Å²) in [5, 5.41) is 6.58. The van der Waals surface area contributed by atoms with Crippen molar-refractivity contribution in [3.63, 3.8) is 0 Å². The highest BCUT2D eigenvalue weighted by atomic mass is 32.2. The fraction of sp³-hybridized carbons (Fsp3) is 0.409. The lowest BCUT2D eigenvalue weighted by Gasteiger charge is -2.16. The largest absolute Gasteiger partial charge is 0.497 e. The first-order chi connectivity index (χ1) is 14.3. The van der Waals surface area contributed by atoms with Crippen molar-refractivity contribution in [3.05, 3.63) is 59.7 Å². The molecule has 2 N–H and O–H groups in total.